The third kappa shape index (κ3) is 3.48. The van der Waals surface area contributed by atoms with Gasteiger partial charge >= 0.3 is 0 Å². The number of imidazole rings is 1. The summed E-state index contributed by atoms with van der Waals surface area (Å²) in [5.41, 5.74) is 7.51. The van der Waals surface area contributed by atoms with Gasteiger partial charge in [0.05, 0.1) is 16.3 Å². The summed E-state index contributed by atoms with van der Waals surface area (Å²) in [5, 5.41) is 0.104. The summed E-state index contributed by atoms with van der Waals surface area (Å²) in [6, 6.07) is 7.96. The first kappa shape index (κ1) is 16.0. The van der Waals surface area contributed by atoms with Gasteiger partial charge in [-0.1, -0.05) is 12.1 Å². The lowest BCUT2D eigenvalue weighted by Crippen LogP contribution is -2.04. The number of benzene rings is 1. The number of nitrogens with two attached hydrogens (primary N) is 1. The minimum atomic E-state index is 0. The monoisotopic (exact) mass is 367 g/mol. The number of fused-ring (bicyclic) bond motifs is 1. The van der Waals surface area contributed by atoms with E-state index in [-0.39, 0.29) is 39.2 Å². The maximum absolute atomic E-state index is 5.47. The molecule has 0 aliphatic rings. The molecule has 0 amide bonds. The fraction of sp³-hybridized carbons (Fsp3) is 0.300. The number of aromatic nitrogens is 2. The van der Waals surface area contributed by atoms with Crippen molar-refractivity contribution in [2.75, 3.05) is 6.54 Å². The van der Waals surface area contributed by atoms with Crippen molar-refractivity contribution in [2.45, 2.75) is 11.7 Å². The smallest absolute Gasteiger partial charge is 0.120 e. The average Bonchev–Trinajstić information content (AvgIpc) is 2.61. The molecule has 1 aromatic heterocycles. The van der Waals surface area contributed by atoms with E-state index in [1.807, 2.05) is 24.3 Å². The Bertz CT molecular complexity index is 400. The van der Waals surface area contributed by atoms with Crippen LogP contribution in [0.1, 0.15) is 17.5 Å². The van der Waals surface area contributed by atoms with Crippen molar-refractivity contribution in [3.8, 4) is 0 Å². The summed E-state index contributed by atoms with van der Waals surface area (Å²) in [6.07, 6.45) is 0.836. The van der Waals surface area contributed by atoms with E-state index in [1.54, 1.807) is 0 Å². The number of nitrogens with zero attached hydrogens (tertiary/aromatic N) is 1. The van der Waals surface area contributed by atoms with Crippen molar-refractivity contribution in [2.24, 2.45) is 5.73 Å². The van der Waals surface area contributed by atoms with Crippen LogP contribution in [0.15, 0.2) is 24.3 Å². The molecule has 2 rings (SSSR count). The summed E-state index contributed by atoms with van der Waals surface area (Å²) >= 11 is 4.44. The maximum atomic E-state index is 5.47. The van der Waals surface area contributed by atoms with Gasteiger partial charge in [0.2, 0.25) is 0 Å². The van der Waals surface area contributed by atoms with Gasteiger partial charge in [-0.2, -0.15) is 12.6 Å². The molecule has 1 unspecified atom stereocenters. The van der Waals surface area contributed by atoms with Crippen LogP contribution in [0.3, 0.4) is 0 Å². The highest BCUT2D eigenvalue weighted by atomic mass is 79.9. The van der Waals surface area contributed by atoms with Crippen molar-refractivity contribution < 1.29 is 0 Å². The predicted molar refractivity (Wildman–Crippen MR) is 82.1 cm³/mol. The second-order valence-corrected chi connectivity index (χ2v) is 3.86. The van der Waals surface area contributed by atoms with Crippen LogP contribution in [0.25, 0.3) is 11.0 Å². The lowest BCUT2D eigenvalue weighted by Gasteiger charge is -2.03. The van der Waals surface area contributed by atoms with E-state index < -0.39 is 0 Å². The summed E-state index contributed by atoms with van der Waals surface area (Å²) in [6.45, 7) is 0.630. The second kappa shape index (κ2) is 7.32. The van der Waals surface area contributed by atoms with Gasteiger partial charge in [-0.25, -0.2) is 4.98 Å². The van der Waals surface area contributed by atoms with Crippen molar-refractivity contribution in [1.82, 2.24) is 9.97 Å². The fourth-order valence-electron chi connectivity index (χ4n) is 1.42. The molecule has 2 aromatic rings. The normalized spacial score (nSPS) is 11.6. The zero-order valence-electron chi connectivity index (χ0n) is 8.59. The highest BCUT2D eigenvalue weighted by Gasteiger charge is 2.09. The predicted octanol–water partition coefficient (Wildman–Crippen LogP) is 3.04. The Balaban J connectivity index is 0.00000112. The Morgan fingerprint density at radius 2 is 2.00 bits per heavy atom. The standard InChI is InChI=1S/C10H13N3S.2BrH/c11-6-5-9(14)10-12-7-3-1-2-4-8(7)13-10;;/h1-4,9,14H,5-6,11H2,(H,12,13);2*1H. The molecular weight excluding hydrogens is 354 g/mol. The van der Waals surface area contributed by atoms with Crippen molar-refractivity contribution in [3.05, 3.63) is 30.1 Å². The third-order valence-corrected chi connectivity index (χ3v) is 2.67. The molecule has 90 valence electrons. The van der Waals surface area contributed by atoms with Crippen LogP contribution < -0.4 is 5.73 Å². The minimum Gasteiger partial charge on any atom is -0.341 e. The van der Waals surface area contributed by atoms with Crippen molar-refractivity contribution in [3.63, 3.8) is 0 Å². The Kier molecular flexibility index (Phi) is 7.30. The second-order valence-electron chi connectivity index (χ2n) is 3.23. The molecule has 0 radical (unpaired) electrons. The third-order valence-electron chi connectivity index (χ3n) is 2.16. The first-order chi connectivity index (χ1) is 6.81. The lowest BCUT2D eigenvalue weighted by molar-refractivity contribution is 0.783. The molecule has 6 heteroatoms. The summed E-state index contributed by atoms with van der Waals surface area (Å²) in [4.78, 5) is 7.68. The highest BCUT2D eigenvalue weighted by Crippen LogP contribution is 2.22. The zero-order valence-corrected chi connectivity index (χ0v) is 12.9. The number of rotatable bonds is 3. The number of hydrogen-bond donors (Lipinski definition) is 3. The van der Waals surface area contributed by atoms with Crippen LogP contribution in [-0.2, 0) is 0 Å². The number of thiol groups is 1. The summed E-state index contributed by atoms with van der Waals surface area (Å²) < 4.78 is 0. The molecule has 3 N–H and O–H groups in total. The van der Waals surface area contributed by atoms with Gasteiger partial charge in [0.15, 0.2) is 0 Å². The molecule has 1 aromatic carbocycles. The summed E-state index contributed by atoms with van der Waals surface area (Å²) in [5.74, 6) is 0.903. The van der Waals surface area contributed by atoms with Gasteiger partial charge in [0, 0.05) is 0 Å². The number of para-hydroxylation sites is 2. The first-order valence-electron chi connectivity index (χ1n) is 4.64. The van der Waals surface area contributed by atoms with Crippen LogP contribution in [0.2, 0.25) is 0 Å². The molecule has 3 nitrogen and oxygen atoms in total. The van der Waals surface area contributed by atoms with E-state index in [4.69, 9.17) is 5.73 Å². The number of hydrogen-bond acceptors (Lipinski definition) is 3. The molecule has 16 heavy (non-hydrogen) atoms. The maximum Gasteiger partial charge on any atom is 0.120 e. The number of nitrogens with one attached hydrogen (secondary N) is 1. The van der Waals surface area contributed by atoms with Crippen LogP contribution >= 0.6 is 46.6 Å². The Hall–Kier alpha value is -0.0400. The Morgan fingerprint density at radius 1 is 1.31 bits per heavy atom. The summed E-state index contributed by atoms with van der Waals surface area (Å²) in [7, 11) is 0. The van der Waals surface area contributed by atoms with E-state index in [0.29, 0.717) is 6.54 Å². The van der Waals surface area contributed by atoms with E-state index in [9.17, 15) is 0 Å². The quantitative estimate of drug-likeness (QED) is 0.729. The first-order valence-corrected chi connectivity index (χ1v) is 5.15. The molecule has 0 spiro atoms. The van der Waals surface area contributed by atoms with E-state index in [1.165, 1.54) is 0 Å². The molecule has 0 bridgehead atoms. The highest BCUT2D eigenvalue weighted by molar-refractivity contribution is 8.93. The zero-order chi connectivity index (χ0) is 9.97. The molecule has 1 atom stereocenters. The van der Waals surface area contributed by atoms with Crippen molar-refractivity contribution in [1.29, 1.82) is 0 Å². The lowest BCUT2D eigenvalue weighted by atomic mass is 10.3. The van der Waals surface area contributed by atoms with E-state index in [0.717, 1.165) is 23.3 Å². The number of aromatic amines is 1. The van der Waals surface area contributed by atoms with Gasteiger partial charge in [0.25, 0.3) is 0 Å². The number of halogens is 2. The van der Waals surface area contributed by atoms with Crippen molar-refractivity contribution >= 4 is 57.6 Å². The molecule has 0 saturated heterocycles. The Labute approximate surface area is 121 Å². The van der Waals surface area contributed by atoms with Gasteiger partial charge < -0.3 is 10.7 Å². The van der Waals surface area contributed by atoms with Crippen LogP contribution in [0.4, 0.5) is 0 Å². The molecule has 0 saturated carbocycles. The topological polar surface area (TPSA) is 54.7 Å². The average molecular weight is 369 g/mol. The van der Waals surface area contributed by atoms with Crippen LogP contribution in [0.5, 0.6) is 0 Å². The van der Waals surface area contributed by atoms with Gasteiger partial charge in [-0.05, 0) is 25.1 Å². The number of H-pyrrole nitrogens is 1. The van der Waals surface area contributed by atoms with Gasteiger partial charge in [0.1, 0.15) is 5.82 Å². The van der Waals surface area contributed by atoms with E-state index in [2.05, 4.69) is 22.6 Å². The molecule has 1 heterocycles. The van der Waals surface area contributed by atoms with Gasteiger partial charge in [-0.15, -0.1) is 34.0 Å². The van der Waals surface area contributed by atoms with Crippen LogP contribution in [0, 0.1) is 0 Å². The van der Waals surface area contributed by atoms with Crippen LogP contribution in [-0.4, -0.2) is 16.5 Å². The van der Waals surface area contributed by atoms with E-state index >= 15 is 0 Å². The largest absolute Gasteiger partial charge is 0.341 e. The SMILES string of the molecule is Br.Br.NCCC(S)c1nc2ccccc2[nH]1. The molecule has 0 aliphatic heterocycles. The molecule has 0 fully saturated rings. The van der Waals surface area contributed by atoms with Gasteiger partial charge in [-0.3, -0.25) is 0 Å². The minimum absolute atomic E-state index is 0. The molecule has 0 aliphatic carbocycles. The molecular formula is C10H15Br2N3S. The fourth-order valence-corrected chi connectivity index (χ4v) is 1.70. The Morgan fingerprint density at radius 3 is 2.62 bits per heavy atom.